The fraction of sp³-hybridized carbons (Fsp3) is 0.250. The van der Waals surface area contributed by atoms with Crippen molar-refractivity contribution >= 4 is 17.6 Å². The van der Waals surface area contributed by atoms with Gasteiger partial charge in [0.15, 0.2) is 0 Å². The maximum Gasteiger partial charge on any atom is 0.251 e. The monoisotopic (exact) mass is 364 g/mol. The summed E-state index contributed by atoms with van der Waals surface area (Å²) in [5.74, 6) is 2.26. The molecule has 0 bridgehead atoms. The van der Waals surface area contributed by atoms with Crippen LogP contribution in [0.15, 0.2) is 53.1 Å². The molecule has 2 amide bonds. The highest BCUT2D eigenvalue weighted by atomic mass is 16.3. The Kier molecular flexibility index (Phi) is 4.50. The molecule has 7 heteroatoms. The summed E-state index contributed by atoms with van der Waals surface area (Å²) >= 11 is 0. The van der Waals surface area contributed by atoms with Crippen molar-refractivity contribution in [3.05, 3.63) is 71.3 Å². The van der Waals surface area contributed by atoms with Gasteiger partial charge in [0.2, 0.25) is 5.91 Å². The van der Waals surface area contributed by atoms with Gasteiger partial charge in [0.05, 0.1) is 25.8 Å². The summed E-state index contributed by atoms with van der Waals surface area (Å²) < 4.78 is 7.28. The summed E-state index contributed by atoms with van der Waals surface area (Å²) in [6, 6.07) is 12.8. The number of anilines is 1. The maximum atomic E-state index is 12.3. The Morgan fingerprint density at radius 3 is 2.74 bits per heavy atom. The van der Waals surface area contributed by atoms with Gasteiger partial charge in [0.25, 0.3) is 5.91 Å². The quantitative estimate of drug-likeness (QED) is 0.755. The predicted octanol–water partition coefficient (Wildman–Crippen LogP) is 2.65. The van der Waals surface area contributed by atoms with Crippen molar-refractivity contribution in [2.75, 3.05) is 4.90 Å². The number of hydrogen-bond acceptors (Lipinski definition) is 4. The summed E-state index contributed by atoms with van der Waals surface area (Å²) in [7, 11) is 0. The van der Waals surface area contributed by atoms with E-state index < -0.39 is 0 Å². The number of fused-ring (bicyclic) bond motifs is 1. The topological polar surface area (TPSA) is 80.4 Å². The molecular weight excluding hydrogens is 344 g/mol. The Balaban J connectivity index is 1.40. The van der Waals surface area contributed by atoms with Gasteiger partial charge in [0.1, 0.15) is 17.3 Å². The number of carbonyl (C=O) groups is 2. The molecule has 27 heavy (non-hydrogen) atoms. The van der Waals surface area contributed by atoms with E-state index in [4.69, 9.17) is 4.42 Å². The molecule has 0 radical (unpaired) electrons. The summed E-state index contributed by atoms with van der Waals surface area (Å²) in [6.07, 6.45) is 2.15. The van der Waals surface area contributed by atoms with Crippen molar-refractivity contribution in [2.24, 2.45) is 0 Å². The third kappa shape index (κ3) is 3.62. The highest BCUT2D eigenvalue weighted by Crippen LogP contribution is 2.23. The average Bonchev–Trinajstić information content (AvgIpc) is 3.31. The smallest absolute Gasteiger partial charge is 0.251 e. The summed E-state index contributed by atoms with van der Waals surface area (Å²) in [5, 5.41) is 7.07. The first kappa shape index (κ1) is 17.1. The number of amides is 2. The molecule has 0 unspecified atom stereocenters. The molecule has 1 aliphatic heterocycles. The molecule has 4 rings (SSSR count). The number of hydrogen-bond donors (Lipinski definition) is 1. The number of carbonyl (C=O) groups excluding carboxylic acids is 2. The molecule has 0 saturated heterocycles. The third-order valence-corrected chi connectivity index (χ3v) is 4.59. The van der Waals surface area contributed by atoms with Gasteiger partial charge >= 0.3 is 0 Å². The second-order valence-corrected chi connectivity index (χ2v) is 6.53. The number of furan rings is 1. The van der Waals surface area contributed by atoms with E-state index in [1.807, 2.05) is 41.9 Å². The second-order valence-electron chi connectivity index (χ2n) is 6.53. The molecule has 3 aromatic rings. The number of nitrogens with zero attached hydrogens (tertiary/aromatic N) is 3. The van der Waals surface area contributed by atoms with E-state index in [1.165, 1.54) is 0 Å². The lowest BCUT2D eigenvalue weighted by Crippen LogP contribution is -2.36. The molecule has 0 fully saturated rings. The van der Waals surface area contributed by atoms with E-state index in [0.717, 1.165) is 22.9 Å². The van der Waals surface area contributed by atoms with Crippen LogP contribution in [0.1, 0.15) is 33.9 Å². The van der Waals surface area contributed by atoms with Crippen molar-refractivity contribution in [1.82, 2.24) is 15.1 Å². The first-order valence-electron chi connectivity index (χ1n) is 8.85. The number of nitrogens with one attached hydrogen (secondary N) is 1. The molecule has 0 saturated carbocycles. The standard InChI is InChI=1S/C20H20N4O3/c1-14-2-7-17(27-14)12-21-20(26)16-5-3-15(4-6-16)13-23-18-8-10-22-24(18)11-9-19(23)25/h2-8,10H,9,11-13H2,1H3,(H,21,26). The van der Waals surface area contributed by atoms with Gasteiger partial charge in [-0.3, -0.25) is 14.5 Å². The van der Waals surface area contributed by atoms with E-state index in [0.29, 0.717) is 31.6 Å². The van der Waals surface area contributed by atoms with E-state index in [2.05, 4.69) is 10.4 Å². The van der Waals surface area contributed by atoms with Gasteiger partial charge < -0.3 is 9.73 Å². The van der Waals surface area contributed by atoms with E-state index in [1.54, 1.807) is 23.2 Å². The van der Waals surface area contributed by atoms with Crippen LogP contribution < -0.4 is 10.2 Å². The van der Waals surface area contributed by atoms with Gasteiger partial charge in [-0.2, -0.15) is 5.10 Å². The first-order chi connectivity index (χ1) is 13.1. The first-order valence-corrected chi connectivity index (χ1v) is 8.85. The van der Waals surface area contributed by atoms with Crippen LogP contribution in [-0.2, 0) is 24.4 Å². The van der Waals surface area contributed by atoms with Crippen LogP contribution in [0, 0.1) is 6.92 Å². The molecule has 7 nitrogen and oxygen atoms in total. The molecule has 2 aromatic heterocycles. The molecule has 1 N–H and O–H groups in total. The van der Waals surface area contributed by atoms with Crippen LogP contribution in [0.5, 0.6) is 0 Å². The molecule has 1 aromatic carbocycles. The van der Waals surface area contributed by atoms with Crippen LogP contribution >= 0.6 is 0 Å². The Labute approximate surface area is 156 Å². The lowest BCUT2D eigenvalue weighted by molar-refractivity contribution is -0.119. The summed E-state index contributed by atoms with van der Waals surface area (Å²) in [5.41, 5.74) is 1.52. The maximum absolute atomic E-state index is 12.3. The van der Waals surface area contributed by atoms with Crippen molar-refractivity contribution in [1.29, 1.82) is 0 Å². The fourth-order valence-corrected chi connectivity index (χ4v) is 3.15. The lowest BCUT2D eigenvalue weighted by atomic mass is 10.1. The largest absolute Gasteiger partial charge is 0.465 e. The Morgan fingerprint density at radius 2 is 2.00 bits per heavy atom. The van der Waals surface area contributed by atoms with Crippen molar-refractivity contribution in [3.8, 4) is 0 Å². The van der Waals surface area contributed by atoms with Crippen molar-refractivity contribution in [2.45, 2.75) is 33.0 Å². The molecule has 0 spiro atoms. The number of benzene rings is 1. The molecular formula is C20H20N4O3. The molecule has 1 aliphatic rings. The number of aromatic nitrogens is 2. The minimum Gasteiger partial charge on any atom is -0.465 e. The van der Waals surface area contributed by atoms with E-state index in [9.17, 15) is 9.59 Å². The zero-order valence-electron chi connectivity index (χ0n) is 15.0. The zero-order chi connectivity index (χ0) is 18.8. The Hall–Kier alpha value is -3.35. The van der Waals surface area contributed by atoms with Crippen LogP contribution in [0.4, 0.5) is 5.82 Å². The third-order valence-electron chi connectivity index (χ3n) is 4.59. The number of aryl methyl sites for hydroxylation is 2. The van der Waals surface area contributed by atoms with Gasteiger partial charge in [-0.25, -0.2) is 4.68 Å². The summed E-state index contributed by atoms with van der Waals surface area (Å²) in [4.78, 5) is 26.3. The summed E-state index contributed by atoms with van der Waals surface area (Å²) in [6.45, 7) is 3.29. The zero-order valence-corrected chi connectivity index (χ0v) is 15.0. The van der Waals surface area contributed by atoms with Gasteiger partial charge in [-0.1, -0.05) is 12.1 Å². The van der Waals surface area contributed by atoms with Crippen molar-refractivity contribution < 1.29 is 14.0 Å². The lowest BCUT2D eigenvalue weighted by Gasteiger charge is -2.27. The highest BCUT2D eigenvalue weighted by molar-refractivity contribution is 5.94. The van der Waals surface area contributed by atoms with E-state index >= 15 is 0 Å². The average molecular weight is 364 g/mol. The van der Waals surface area contributed by atoms with Gasteiger partial charge in [0, 0.05) is 18.1 Å². The minimum absolute atomic E-state index is 0.0820. The minimum atomic E-state index is -0.164. The molecule has 3 heterocycles. The van der Waals surface area contributed by atoms with E-state index in [-0.39, 0.29) is 11.8 Å². The molecule has 0 atom stereocenters. The molecule has 0 aliphatic carbocycles. The molecule has 138 valence electrons. The van der Waals surface area contributed by atoms with Crippen LogP contribution in [-0.4, -0.2) is 21.6 Å². The normalized spacial score (nSPS) is 13.5. The van der Waals surface area contributed by atoms with Crippen molar-refractivity contribution in [3.63, 3.8) is 0 Å². The number of rotatable bonds is 5. The fourth-order valence-electron chi connectivity index (χ4n) is 3.15. The Bertz CT molecular complexity index is 971. The van der Waals surface area contributed by atoms with Gasteiger partial charge in [-0.15, -0.1) is 0 Å². The van der Waals surface area contributed by atoms with Crippen LogP contribution in [0.25, 0.3) is 0 Å². The predicted molar refractivity (Wildman–Crippen MR) is 99.1 cm³/mol. The van der Waals surface area contributed by atoms with Crippen LogP contribution in [0.3, 0.4) is 0 Å². The van der Waals surface area contributed by atoms with Gasteiger partial charge in [-0.05, 0) is 36.8 Å². The Morgan fingerprint density at radius 1 is 1.19 bits per heavy atom. The highest BCUT2D eigenvalue weighted by Gasteiger charge is 2.24. The van der Waals surface area contributed by atoms with Crippen LogP contribution in [0.2, 0.25) is 0 Å². The SMILES string of the molecule is Cc1ccc(CNC(=O)c2ccc(CN3C(=O)CCn4nccc43)cc2)o1. The second kappa shape index (κ2) is 7.11.